The van der Waals surface area contributed by atoms with E-state index in [2.05, 4.69) is 30.3 Å². The number of aliphatic hydroxyl groups excluding tert-OH is 1. The van der Waals surface area contributed by atoms with Gasteiger partial charge in [0.15, 0.2) is 10.6 Å². The minimum atomic E-state index is -5.77. The van der Waals surface area contributed by atoms with E-state index in [0.717, 1.165) is 6.92 Å². The van der Waals surface area contributed by atoms with Crippen LogP contribution < -0.4 is 0 Å². The predicted molar refractivity (Wildman–Crippen MR) is 96.9 cm³/mol. The van der Waals surface area contributed by atoms with E-state index in [1.807, 2.05) is 0 Å². The minimum Gasteiger partial charge on any atom is -0.351 e. The molecule has 0 aliphatic heterocycles. The van der Waals surface area contributed by atoms with Gasteiger partial charge in [0.05, 0.1) is 12.8 Å². The van der Waals surface area contributed by atoms with E-state index >= 15 is 0 Å². The lowest BCUT2D eigenvalue weighted by Crippen LogP contribution is -2.32. The third kappa shape index (κ3) is 9.46. The maximum Gasteiger partial charge on any atom is 0.490 e. The molecule has 30 heavy (non-hydrogen) atoms. The first-order chi connectivity index (χ1) is 13.4. The molecule has 1 aromatic rings. The van der Waals surface area contributed by atoms with Gasteiger partial charge in [0.25, 0.3) is 0 Å². The number of phosphoric ester groups is 1. The van der Waals surface area contributed by atoms with Gasteiger partial charge in [-0.2, -0.15) is 8.62 Å². The molecule has 174 valence electrons. The van der Waals surface area contributed by atoms with Gasteiger partial charge in [0, 0.05) is 0 Å². The minimum absolute atomic E-state index is 0.327. The number of hydrogen-bond donors (Lipinski definition) is 6. The number of aromatic nitrogens is 2. The van der Waals surface area contributed by atoms with Gasteiger partial charge in [0.2, 0.25) is 6.41 Å². The van der Waals surface area contributed by atoms with E-state index in [9.17, 15) is 32.5 Å². The van der Waals surface area contributed by atoms with Crippen LogP contribution in [0, 0.1) is 15.2 Å². The van der Waals surface area contributed by atoms with E-state index in [0.29, 0.717) is 10.8 Å². The summed E-state index contributed by atoms with van der Waals surface area (Å²) in [6.45, 7) is -0.326. The standard InChI is InChI=1S/C9H15F2N2O12P3S2/c1-4(10)6(23-9(14)13-2-5(11)7(29)12-8(13)30)3-22-27(18,19)25-28(20,21)24-26(15,16)17/h2,4,6,9,14H,3H2,1H3,(H,18,19)(H,20,21)(H,12,29,30)(H2,15,16,17)/t4-,6-,9+/m1/s1. The number of ether oxygens (including phenoxy) is 1. The van der Waals surface area contributed by atoms with E-state index in [-0.39, 0.29) is 9.41 Å². The number of nitrogens with zero attached hydrogens (tertiary/aromatic N) is 1. The summed E-state index contributed by atoms with van der Waals surface area (Å²) in [5, 5.41) is 9.96. The van der Waals surface area contributed by atoms with Crippen LogP contribution in [0.25, 0.3) is 0 Å². The zero-order valence-corrected chi connectivity index (χ0v) is 18.8. The summed E-state index contributed by atoms with van der Waals surface area (Å²) in [6.07, 6.45) is -5.36. The van der Waals surface area contributed by atoms with Crippen molar-refractivity contribution in [2.45, 2.75) is 25.6 Å². The molecule has 0 aromatic carbocycles. The number of phosphoric acid groups is 3. The molecule has 0 spiro atoms. The molecule has 0 aliphatic carbocycles. The van der Waals surface area contributed by atoms with Gasteiger partial charge >= 0.3 is 23.5 Å². The zero-order valence-electron chi connectivity index (χ0n) is 14.5. The number of aromatic amines is 1. The zero-order chi connectivity index (χ0) is 23.5. The van der Waals surface area contributed by atoms with Crippen molar-refractivity contribution < 1.29 is 65.0 Å². The average molecular weight is 538 g/mol. The molecular weight excluding hydrogens is 523 g/mol. The van der Waals surface area contributed by atoms with Crippen molar-refractivity contribution in [1.29, 1.82) is 0 Å². The van der Waals surface area contributed by atoms with Gasteiger partial charge < -0.3 is 34.4 Å². The summed E-state index contributed by atoms with van der Waals surface area (Å²) in [5.41, 5.74) is 0. The van der Waals surface area contributed by atoms with E-state index in [4.69, 9.17) is 31.6 Å². The molecule has 2 unspecified atom stereocenters. The third-order valence-corrected chi connectivity index (χ3v) is 7.20. The number of rotatable bonds is 11. The molecule has 0 amide bonds. The summed E-state index contributed by atoms with van der Waals surface area (Å²) in [7, 11) is -16.9. The Bertz CT molecular complexity index is 1010. The van der Waals surface area contributed by atoms with Crippen molar-refractivity contribution in [3.8, 4) is 0 Å². The SMILES string of the molecule is C[C@@H](F)[C@@H](COP(=O)(O)OP(=O)(O)OP(=O)(O)O)O[C@H](O)n1cc(F)c(=S)[nH]c1=S. The third-order valence-electron chi connectivity index (χ3n) is 2.79. The highest BCUT2D eigenvalue weighted by Crippen LogP contribution is 2.66. The second-order valence-electron chi connectivity index (χ2n) is 5.21. The molecule has 1 heterocycles. The molecule has 0 aliphatic rings. The van der Waals surface area contributed by atoms with Crippen LogP contribution in [0.4, 0.5) is 8.78 Å². The summed E-state index contributed by atoms with van der Waals surface area (Å²) in [4.78, 5) is 37.4. The Kier molecular flexibility index (Phi) is 9.76. The molecule has 0 saturated heterocycles. The Morgan fingerprint density at radius 2 is 1.73 bits per heavy atom. The van der Waals surface area contributed by atoms with Crippen LogP contribution in [-0.4, -0.2) is 53.1 Å². The first-order valence-electron chi connectivity index (χ1n) is 7.19. The van der Waals surface area contributed by atoms with Gasteiger partial charge in [-0.05, 0) is 19.1 Å². The van der Waals surface area contributed by atoms with Crippen LogP contribution in [0.3, 0.4) is 0 Å². The lowest BCUT2D eigenvalue weighted by atomic mass is 10.3. The Labute approximate surface area is 176 Å². The van der Waals surface area contributed by atoms with Gasteiger partial charge in [-0.3, -0.25) is 9.09 Å². The van der Waals surface area contributed by atoms with Gasteiger partial charge in [-0.15, -0.1) is 0 Å². The van der Waals surface area contributed by atoms with E-state index < -0.39 is 54.6 Å². The maximum absolute atomic E-state index is 13.7. The van der Waals surface area contributed by atoms with Crippen molar-refractivity contribution in [2.24, 2.45) is 0 Å². The van der Waals surface area contributed by atoms with Crippen LogP contribution >= 0.6 is 47.9 Å². The lowest BCUT2D eigenvalue weighted by molar-refractivity contribution is -0.205. The highest BCUT2D eigenvalue weighted by Gasteiger charge is 2.41. The molecule has 0 fully saturated rings. The molecule has 0 radical (unpaired) electrons. The Morgan fingerprint density at radius 3 is 2.23 bits per heavy atom. The quantitative estimate of drug-likeness (QED) is 0.135. The van der Waals surface area contributed by atoms with E-state index in [1.165, 1.54) is 0 Å². The number of hydrogen-bond acceptors (Lipinski definition) is 10. The predicted octanol–water partition coefficient (Wildman–Crippen LogP) is 1.95. The monoisotopic (exact) mass is 538 g/mol. The smallest absolute Gasteiger partial charge is 0.351 e. The fraction of sp³-hybridized carbons (Fsp3) is 0.556. The van der Waals surface area contributed by atoms with Crippen molar-refractivity contribution in [3.05, 3.63) is 21.4 Å². The molecule has 6 N–H and O–H groups in total. The first kappa shape index (κ1) is 27.7. The summed E-state index contributed by atoms with van der Waals surface area (Å²) >= 11 is 9.38. The van der Waals surface area contributed by atoms with E-state index in [1.54, 1.807) is 0 Å². The fourth-order valence-electron chi connectivity index (χ4n) is 1.60. The lowest BCUT2D eigenvalue weighted by Gasteiger charge is -2.25. The second-order valence-corrected chi connectivity index (χ2v) is 10.4. The number of aliphatic hydroxyl groups is 1. The Morgan fingerprint density at radius 1 is 1.17 bits per heavy atom. The number of nitrogens with one attached hydrogen (secondary N) is 1. The van der Waals surface area contributed by atoms with Crippen molar-refractivity contribution >= 4 is 47.9 Å². The molecule has 0 saturated carbocycles. The average Bonchev–Trinajstić information content (AvgIpc) is 2.50. The Hall–Kier alpha value is -0.290. The normalized spacial score (nSPS) is 19.5. The van der Waals surface area contributed by atoms with Crippen LogP contribution in [0.1, 0.15) is 13.3 Å². The largest absolute Gasteiger partial charge is 0.490 e. The molecule has 21 heteroatoms. The first-order valence-corrected chi connectivity index (χ1v) is 12.5. The Balaban J connectivity index is 2.88. The molecule has 1 rings (SSSR count). The van der Waals surface area contributed by atoms with Crippen LogP contribution in [0.5, 0.6) is 0 Å². The number of halogens is 2. The summed E-state index contributed by atoms with van der Waals surface area (Å²) in [6, 6.07) is 0. The molecule has 1 aromatic heterocycles. The van der Waals surface area contributed by atoms with Gasteiger partial charge in [-0.1, -0.05) is 12.2 Å². The van der Waals surface area contributed by atoms with Crippen LogP contribution in [0.15, 0.2) is 6.20 Å². The summed E-state index contributed by atoms with van der Waals surface area (Å²) in [5.74, 6) is -1.01. The molecule has 14 nitrogen and oxygen atoms in total. The topological polar surface area (TPSA) is 210 Å². The molecular formula is C9H15F2N2O12P3S2. The van der Waals surface area contributed by atoms with Crippen molar-refractivity contribution in [2.75, 3.05) is 6.61 Å². The highest BCUT2D eigenvalue weighted by atomic mass is 32.1. The summed E-state index contributed by atoms with van der Waals surface area (Å²) < 4.78 is 76.6. The highest BCUT2D eigenvalue weighted by molar-refractivity contribution is 7.72. The molecule has 0 bridgehead atoms. The molecule has 5 atom stereocenters. The number of H-pyrrole nitrogens is 1. The van der Waals surface area contributed by atoms with Crippen molar-refractivity contribution in [1.82, 2.24) is 9.55 Å². The van der Waals surface area contributed by atoms with Crippen LogP contribution in [-0.2, 0) is 31.6 Å². The maximum atomic E-state index is 13.7. The van der Waals surface area contributed by atoms with Gasteiger partial charge in [0.1, 0.15) is 16.9 Å². The second kappa shape index (κ2) is 10.6. The number of alkyl halides is 1. The van der Waals surface area contributed by atoms with Gasteiger partial charge in [-0.25, -0.2) is 22.5 Å². The fourth-order valence-corrected chi connectivity index (χ4v) is 5.09. The van der Waals surface area contributed by atoms with Crippen LogP contribution in [0.2, 0.25) is 0 Å². The van der Waals surface area contributed by atoms with Crippen molar-refractivity contribution in [3.63, 3.8) is 0 Å².